The Morgan fingerprint density at radius 2 is 1.97 bits per heavy atom. The summed E-state index contributed by atoms with van der Waals surface area (Å²) in [7, 11) is 0. The topological polar surface area (TPSA) is 96.8 Å². The molecule has 0 unspecified atom stereocenters. The molecule has 1 aliphatic rings. The second-order valence-corrected chi connectivity index (χ2v) is 8.52. The van der Waals surface area contributed by atoms with Gasteiger partial charge in [0.25, 0.3) is 11.8 Å². The SMILES string of the molecule is Cc1ccc(NC(=O)c2cc(C(C)(F)F)ccn2)cc1-c1cnc(OCCO)c(N2CCOCC2)c1. The van der Waals surface area contributed by atoms with E-state index in [2.05, 4.69) is 20.2 Å². The first-order valence-corrected chi connectivity index (χ1v) is 11.6. The lowest BCUT2D eigenvalue weighted by Crippen LogP contribution is -2.36. The Kier molecular flexibility index (Phi) is 7.76. The Labute approximate surface area is 207 Å². The predicted molar refractivity (Wildman–Crippen MR) is 132 cm³/mol. The number of aryl methyl sites for hydroxylation is 1. The molecule has 1 aliphatic heterocycles. The fraction of sp³-hybridized carbons (Fsp3) is 0.346. The normalized spacial score (nSPS) is 14.0. The lowest BCUT2D eigenvalue weighted by molar-refractivity contribution is 0.0173. The van der Waals surface area contributed by atoms with Gasteiger partial charge in [-0.25, -0.2) is 13.8 Å². The Bertz CT molecular complexity index is 1230. The van der Waals surface area contributed by atoms with Crippen molar-refractivity contribution in [1.82, 2.24) is 9.97 Å². The van der Waals surface area contributed by atoms with Gasteiger partial charge in [0.2, 0.25) is 5.88 Å². The van der Waals surface area contributed by atoms with Crippen molar-refractivity contribution in [3.63, 3.8) is 0 Å². The highest BCUT2D eigenvalue weighted by molar-refractivity contribution is 6.03. The van der Waals surface area contributed by atoms with Crippen molar-refractivity contribution in [3.05, 3.63) is 65.6 Å². The molecule has 1 fully saturated rings. The van der Waals surface area contributed by atoms with E-state index >= 15 is 0 Å². The van der Waals surface area contributed by atoms with E-state index in [-0.39, 0.29) is 24.5 Å². The molecule has 36 heavy (non-hydrogen) atoms. The highest BCUT2D eigenvalue weighted by Crippen LogP contribution is 2.34. The van der Waals surface area contributed by atoms with Crippen LogP contribution in [0.15, 0.2) is 48.8 Å². The van der Waals surface area contributed by atoms with Crippen LogP contribution in [0.1, 0.15) is 28.5 Å². The van der Waals surface area contributed by atoms with Crippen LogP contribution in [-0.2, 0) is 10.7 Å². The van der Waals surface area contributed by atoms with Gasteiger partial charge in [-0.1, -0.05) is 6.07 Å². The lowest BCUT2D eigenvalue weighted by atomic mass is 10.0. The summed E-state index contributed by atoms with van der Waals surface area (Å²) in [6.45, 7) is 5.25. The van der Waals surface area contributed by atoms with E-state index in [1.807, 2.05) is 19.1 Å². The van der Waals surface area contributed by atoms with Crippen LogP contribution in [0, 0.1) is 6.92 Å². The molecule has 1 amide bonds. The smallest absolute Gasteiger partial charge is 0.274 e. The number of alkyl halides is 2. The molecule has 2 aromatic heterocycles. The number of nitrogens with one attached hydrogen (secondary N) is 1. The number of benzene rings is 1. The summed E-state index contributed by atoms with van der Waals surface area (Å²) in [5.41, 5.74) is 3.51. The molecule has 0 bridgehead atoms. The number of hydrogen-bond donors (Lipinski definition) is 2. The van der Waals surface area contributed by atoms with Gasteiger partial charge in [0.15, 0.2) is 0 Å². The van der Waals surface area contributed by atoms with Gasteiger partial charge in [0.05, 0.1) is 19.8 Å². The monoisotopic (exact) mass is 498 g/mol. The van der Waals surface area contributed by atoms with Crippen LogP contribution in [0.3, 0.4) is 0 Å². The lowest BCUT2D eigenvalue weighted by Gasteiger charge is -2.30. The number of rotatable bonds is 8. The van der Waals surface area contributed by atoms with Crippen molar-refractivity contribution in [2.24, 2.45) is 0 Å². The number of pyridine rings is 2. The third kappa shape index (κ3) is 5.95. The van der Waals surface area contributed by atoms with Crippen LogP contribution in [-0.4, -0.2) is 60.5 Å². The van der Waals surface area contributed by atoms with Crippen molar-refractivity contribution in [2.75, 3.05) is 49.7 Å². The molecule has 1 aromatic carbocycles. The quantitative estimate of drug-likeness (QED) is 0.484. The first-order chi connectivity index (χ1) is 17.3. The number of ether oxygens (including phenoxy) is 2. The van der Waals surface area contributed by atoms with E-state index < -0.39 is 11.8 Å². The number of carbonyl (C=O) groups is 1. The molecule has 0 spiro atoms. The van der Waals surface area contributed by atoms with Crippen LogP contribution in [0.2, 0.25) is 0 Å². The van der Waals surface area contributed by atoms with Gasteiger partial charge in [-0.3, -0.25) is 9.78 Å². The second kappa shape index (κ2) is 11.0. The Morgan fingerprint density at radius 3 is 2.69 bits per heavy atom. The zero-order chi connectivity index (χ0) is 25.7. The minimum absolute atomic E-state index is 0.0993. The Morgan fingerprint density at radius 1 is 1.19 bits per heavy atom. The molecule has 0 aliphatic carbocycles. The molecule has 10 heteroatoms. The molecule has 2 N–H and O–H groups in total. The third-order valence-corrected chi connectivity index (χ3v) is 5.82. The number of amides is 1. The second-order valence-electron chi connectivity index (χ2n) is 8.52. The average molecular weight is 499 g/mol. The zero-order valence-corrected chi connectivity index (χ0v) is 20.1. The summed E-state index contributed by atoms with van der Waals surface area (Å²) in [6.07, 6.45) is 2.88. The van der Waals surface area contributed by atoms with Crippen molar-refractivity contribution < 1.29 is 28.2 Å². The first kappa shape index (κ1) is 25.5. The fourth-order valence-corrected chi connectivity index (χ4v) is 3.91. The number of hydrogen-bond acceptors (Lipinski definition) is 7. The maximum absolute atomic E-state index is 13.7. The van der Waals surface area contributed by atoms with Crippen molar-refractivity contribution in [3.8, 4) is 17.0 Å². The minimum Gasteiger partial charge on any atom is -0.474 e. The van der Waals surface area contributed by atoms with Gasteiger partial charge in [0, 0.05) is 49.2 Å². The Balaban J connectivity index is 1.62. The molecule has 3 heterocycles. The molecule has 8 nitrogen and oxygen atoms in total. The molecular weight excluding hydrogens is 470 g/mol. The van der Waals surface area contributed by atoms with Gasteiger partial charge in [-0.2, -0.15) is 0 Å². The van der Waals surface area contributed by atoms with Gasteiger partial charge in [0.1, 0.15) is 18.0 Å². The number of nitrogens with zero attached hydrogens (tertiary/aromatic N) is 3. The van der Waals surface area contributed by atoms with Gasteiger partial charge < -0.3 is 24.8 Å². The largest absolute Gasteiger partial charge is 0.474 e. The maximum atomic E-state index is 13.7. The van der Waals surface area contributed by atoms with Crippen LogP contribution < -0.4 is 15.0 Å². The van der Waals surface area contributed by atoms with Crippen molar-refractivity contribution in [2.45, 2.75) is 19.8 Å². The van der Waals surface area contributed by atoms with E-state index in [0.717, 1.165) is 35.4 Å². The molecular formula is C26H28F2N4O4. The number of halogens is 2. The van der Waals surface area contributed by atoms with E-state index in [1.165, 1.54) is 12.3 Å². The fourth-order valence-electron chi connectivity index (χ4n) is 3.91. The van der Waals surface area contributed by atoms with Crippen LogP contribution in [0.5, 0.6) is 5.88 Å². The minimum atomic E-state index is -3.08. The molecule has 1 saturated heterocycles. The zero-order valence-electron chi connectivity index (χ0n) is 20.1. The molecule has 190 valence electrons. The number of morpholine rings is 1. The van der Waals surface area contributed by atoms with Crippen LogP contribution in [0.25, 0.3) is 11.1 Å². The first-order valence-electron chi connectivity index (χ1n) is 11.6. The van der Waals surface area contributed by atoms with E-state index in [1.54, 1.807) is 18.3 Å². The molecule has 4 rings (SSSR count). The number of aliphatic hydroxyl groups excluding tert-OH is 1. The summed E-state index contributed by atoms with van der Waals surface area (Å²) < 4.78 is 38.5. The highest BCUT2D eigenvalue weighted by Gasteiger charge is 2.25. The van der Waals surface area contributed by atoms with Gasteiger partial charge >= 0.3 is 0 Å². The summed E-state index contributed by atoms with van der Waals surface area (Å²) in [5, 5.41) is 11.9. The summed E-state index contributed by atoms with van der Waals surface area (Å²) >= 11 is 0. The van der Waals surface area contributed by atoms with E-state index in [9.17, 15) is 18.7 Å². The maximum Gasteiger partial charge on any atom is 0.274 e. The summed E-state index contributed by atoms with van der Waals surface area (Å²) in [4.78, 5) is 23.3. The number of carbonyl (C=O) groups excluding carboxylic acids is 1. The van der Waals surface area contributed by atoms with Crippen LogP contribution >= 0.6 is 0 Å². The average Bonchev–Trinajstić information content (AvgIpc) is 2.88. The predicted octanol–water partition coefficient (Wildman–Crippen LogP) is 4.02. The van der Waals surface area contributed by atoms with E-state index in [0.29, 0.717) is 37.9 Å². The highest BCUT2D eigenvalue weighted by atomic mass is 19.3. The van der Waals surface area contributed by atoms with Gasteiger partial charge in [-0.15, -0.1) is 0 Å². The summed E-state index contributed by atoms with van der Waals surface area (Å²) in [6, 6.07) is 9.65. The summed E-state index contributed by atoms with van der Waals surface area (Å²) in [5.74, 6) is -3.24. The van der Waals surface area contributed by atoms with Crippen molar-refractivity contribution >= 4 is 17.3 Å². The standard InChI is InChI=1S/C26H28F2N4O4/c1-17-3-4-20(31-24(34)22-14-19(5-6-29-22)26(2,27)28)15-21(17)18-13-23(32-7-10-35-11-8-32)25(30-16-18)36-12-9-33/h3-6,13-16,33H,7-12H2,1-2H3,(H,31,34). The molecule has 0 saturated carbocycles. The molecule has 0 radical (unpaired) electrons. The third-order valence-electron chi connectivity index (χ3n) is 5.82. The number of anilines is 2. The van der Waals surface area contributed by atoms with E-state index in [4.69, 9.17) is 9.47 Å². The van der Waals surface area contributed by atoms with Crippen molar-refractivity contribution in [1.29, 1.82) is 0 Å². The Hall–Kier alpha value is -3.63. The molecule has 0 atom stereocenters. The van der Waals surface area contributed by atoms with Gasteiger partial charge in [-0.05, 0) is 48.4 Å². The number of aliphatic hydroxyl groups is 1. The van der Waals surface area contributed by atoms with Crippen LogP contribution in [0.4, 0.5) is 20.2 Å². The number of aromatic nitrogens is 2. The molecule has 3 aromatic rings.